The molecule has 6 nitrogen and oxygen atoms in total. The highest BCUT2D eigenvalue weighted by molar-refractivity contribution is 6.01. The summed E-state index contributed by atoms with van der Waals surface area (Å²) in [6, 6.07) is 3.32. The molecule has 0 atom stereocenters. The van der Waals surface area contributed by atoms with Gasteiger partial charge in [-0.05, 0) is 51.7 Å². The molecule has 0 spiro atoms. The molecule has 0 aliphatic heterocycles. The van der Waals surface area contributed by atoms with Crippen LogP contribution in [-0.2, 0) is 11.2 Å². The lowest BCUT2D eigenvalue weighted by atomic mass is 9.87. The molecule has 0 aliphatic rings. The lowest BCUT2D eigenvalue weighted by molar-refractivity contribution is -0.147. The van der Waals surface area contributed by atoms with Crippen LogP contribution in [0.5, 0.6) is 11.5 Å². The van der Waals surface area contributed by atoms with E-state index in [9.17, 15) is 9.90 Å². The summed E-state index contributed by atoms with van der Waals surface area (Å²) >= 11 is 0. The Balaban J connectivity index is 2.55. The Morgan fingerprint density at radius 3 is 2.48 bits per heavy atom. The molecule has 0 unspecified atom stereocenters. The van der Waals surface area contributed by atoms with Gasteiger partial charge in [0.1, 0.15) is 11.5 Å². The monoisotopic (exact) mass is 351 g/mol. The minimum atomic E-state index is -0.770. The molecule has 0 radical (unpaired) electrons. The van der Waals surface area contributed by atoms with E-state index in [1.54, 1.807) is 32.9 Å². The van der Waals surface area contributed by atoms with E-state index in [0.717, 1.165) is 31.2 Å². The summed E-state index contributed by atoms with van der Waals surface area (Å²) in [6.45, 7) is 7.59. The maximum Gasteiger partial charge on any atom is 0.309 e. The van der Waals surface area contributed by atoms with E-state index >= 15 is 0 Å². The molecule has 1 aromatic rings. The number of rotatable bonds is 10. The van der Waals surface area contributed by atoms with E-state index in [4.69, 9.17) is 15.1 Å². The van der Waals surface area contributed by atoms with E-state index in [2.05, 4.69) is 5.16 Å². The number of nitrogens with zero attached hydrogens (tertiary/aromatic N) is 1. The molecule has 1 rings (SSSR count). The number of hydrogen-bond acceptors (Lipinski definition) is 5. The third-order valence-corrected chi connectivity index (χ3v) is 4.38. The zero-order valence-electron chi connectivity index (χ0n) is 15.5. The lowest BCUT2D eigenvalue weighted by Crippen LogP contribution is -2.23. The second-order valence-electron chi connectivity index (χ2n) is 6.86. The fourth-order valence-electron chi connectivity index (χ4n) is 2.50. The maximum atomic E-state index is 11.1. The zero-order valence-corrected chi connectivity index (χ0v) is 15.5. The number of carboxylic acids is 1. The van der Waals surface area contributed by atoms with Crippen LogP contribution in [0, 0.1) is 5.41 Å². The summed E-state index contributed by atoms with van der Waals surface area (Å²) in [5.41, 5.74) is 1.08. The second kappa shape index (κ2) is 9.30. The summed E-state index contributed by atoms with van der Waals surface area (Å²) < 4.78 is 5.78. The molecule has 0 fully saturated rings. The molecule has 3 N–H and O–H groups in total. The topological polar surface area (TPSA) is 99.4 Å². The van der Waals surface area contributed by atoms with Crippen molar-refractivity contribution in [1.82, 2.24) is 0 Å². The smallest absolute Gasteiger partial charge is 0.309 e. The molecule has 6 heteroatoms. The van der Waals surface area contributed by atoms with Crippen LogP contribution >= 0.6 is 0 Å². The Morgan fingerprint density at radius 2 is 1.92 bits per heavy atom. The van der Waals surface area contributed by atoms with Gasteiger partial charge in [0.25, 0.3) is 0 Å². The number of benzene rings is 1. The van der Waals surface area contributed by atoms with E-state index < -0.39 is 11.4 Å². The van der Waals surface area contributed by atoms with Crippen LogP contribution in [0.2, 0.25) is 0 Å². The summed E-state index contributed by atoms with van der Waals surface area (Å²) in [6.07, 6.45) is 3.91. The molecule has 0 amide bonds. The summed E-state index contributed by atoms with van der Waals surface area (Å²) in [5, 5.41) is 31.1. The SMILES string of the molecule is CCc1cc(/C(C)=N/O)c(O)cc1OCCCCCC(C)(C)C(=O)O. The number of aromatic hydroxyl groups is 1. The standard InChI is InChI=1S/C19H29NO5/c1-5-14-11-15(13(2)20-24)16(21)12-17(14)25-10-8-6-7-9-19(3,4)18(22)23/h11-12,21,24H,5-10H2,1-4H3,(H,22,23)/b20-13+. The van der Waals surface area contributed by atoms with E-state index in [-0.39, 0.29) is 5.75 Å². The normalized spacial score (nSPS) is 12.2. The van der Waals surface area contributed by atoms with Gasteiger partial charge in [0.05, 0.1) is 17.7 Å². The lowest BCUT2D eigenvalue weighted by Gasteiger charge is -2.18. The van der Waals surface area contributed by atoms with Crippen LogP contribution in [0.15, 0.2) is 17.3 Å². The Morgan fingerprint density at radius 1 is 1.24 bits per heavy atom. The third-order valence-electron chi connectivity index (χ3n) is 4.38. The third kappa shape index (κ3) is 5.96. The fourth-order valence-corrected chi connectivity index (χ4v) is 2.50. The minimum absolute atomic E-state index is 0.0192. The molecule has 1 aromatic carbocycles. The number of phenolic OH excluding ortho intramolecular Hbond substituents is 1. The average Bonchev–Trinajstić information content (AvgIpc) is 2.57. The number of carboxylic acid groups (broad SMARTS) is 1. The van der Waals surface area contributed by atoms with Crippen molar-refractivity contribution in [2.24, 2.45) is 10.6 Å². The zero-order chi connectivity index (χ0) is 19.0. The predicted octanol–water partition coefficient (Wildman–Crippen LogP) is 4.20. The Hall–Kier alpha value is -2.24. The number of ether oxygens (including phenoxy) is 1. The minimum Gasteiger partial charge on any atom is -0.507 e. The highest BCUT2D eigenvalue weighted by Crippen LogP contribution is 2.30. The van der Waals surface area contributed by atoms with Gasteiger partial charge >= 0.3 is 5.97 Å². The van der Waals surface area contributed by atoms with Crippen molar-refractivity contribution in [2.45, 2.75) is 59.8 Å². The number of aryl methyl sites for hydroxylation is 1. The highest BCUT2D eigenvalue weighted by atomic mass is 16.5. The number of carbonyl (C=O) groups is 1. The van der Waals surface area contributed by atoms with Crippen molar-refractivity contribution in [2.75, 3.05) is 6.61 Å². The average molecular weight is 351 g/mol. The summed E-state index contributed by atoms with van der Waals surface area (Å²) in [4.78, 5) is 11.1. The van der Waals surface area contributed by atoms with Gasteiger partial charge in [0.2, 0.25) is 0 Å². The van der Waals surface area contributed by atoms with Gasteiger partial charge in [0.15, 0.2) is 0 Å². The number of aliphatic carboxylic acids is 1. The van der Waals surface area contributed by atoms with Crippen molar-refractivity contribution in [3.63, 3.8) is 0 Å². The van der Waals surface area contributed by atoms with Gasteiger partial charge in [-0.25, -0.2) is 0 Å². The van der Waals surface area contributed by atoms with Crippen LogP contribution in [0.3, 0.4) is 0 Å². The van der Waals surface area contributed by atoms with Crippen molar-refractivity contribution < 1.29 is 25.0 Å². The van der Waals surface area contributed by atoms with Crippen molar-refractivity contribution in [3.05, 3.63) is 23.3 Å². The highest BCUT2D eigenvalue weighted by Gasteiger charge is 2.25. The largest absolute Gasteiger partial charge is 0.507 e. The first-order valence-electron chi connectivity index (χ1n) is 8.64. The van der Waals surface area contributed by atoms with Gasteiger partial charge in [0, 0.05) is 11.6 Å². The van der Waals surface area contributed by atoms with Gasteiger partial charge in [-0.3, -0.25) is 4.79 Å². The first-order valence-corrected chi connectivity index (χ1v) is 8.64. The van der Waals surface area contributed by atoms with Gasteiger partial charge in [-0.2, -0.15) is 0 Å². The molecule has 25 heavy (non-hydrogen) atoms. The van der Waals surface area contributed by atoms with Gasteiger partial charge < -0.3 is 20.2 Å². The van der Waals surface area contributed by atoms with Crippen LogP contribution in [0.4, 0.5) is 0 Å². The second-order valence-corrected chi connectivity index (χ2v) is 6.86. The Labute approximate surface area is 149 Å². The molecular formula is C19H29NO5. The molecular weight excluding hydrogens is 322 g/mol. The molecule has 0 aliphatic carbocycles. The van der Waals surface area contributed by atoms with Crippen LogP contribution < -0.4 is 4.74 Å². The summed E-state index contributed by atoms with van der Waals surface area (Å²) in [5.74, 6) is -0.125. The van der Waals surface area contributed by atoms with E-state index in [1.807, 2.05) is 6.92 Å². The van der Waals surface area contributed by atoms with Gasteiger partial charge in [-0.1, -0.05) is 24.9 Å². The number of hydrogen-bond donors (Lipinski definition) is 3. The summed E-state index contributed by atoms with van der Waals surface area (Å²) in [7, 11) is 0. The van der Waals surface area contributed by atoms with Crippen LogP contribution in [0.1, 0.15) is 64.5 Å². The van der Waals surface area contributed by atoms with Crippen LogP contribution in [0.25, 0.3) is 0 Å². The molecule has 140 valence electrons. The Bertz CT molecular complexity index is 622. The fraction of sp³-hybridized carbons (Fsp3) is 0.579. The number of unbranched alkanes of at least 4 members (excludes halogenated alkanes) is 2. The van der Waals surface area contributed by atoms with Crippen molar-refractivity contribution in [3.8, 4) is 11.5 Å². The Kier molecular flexibility index (Phi) is 7.74. The van der Waals surface area contributed by atoms with Crippen molar-refractivity contribution in [1.29, 1.82) is 0 Å². The van der Waals surface area contributed by atoms with Crippen molar-refractivity contribution >= 4 is 11.7 Å². The van der Waals surface area contributed by atoms with Gasteiger partial charge in [-0.15, -0.1) is 0 Å². The maximum absolute atomic E-state index is 11.1. The molecule has 0 bridgehead atoms. The number of oxime groups is 1. The van der Waals surface area contributed by atoms with Crippen LogP contribution in [-0.4, -0.2) is 33.7 Å². The molecule has 0 aromatic heterocycles. The number of phenols is 1. The predicted molar refractivity (Wildman–Crippen MR) is 96.9 cm³/mol. The molecule has 0 saturated carbocycles. The first kappa shape index (κ1) is 20.8. The first-order chi connectivity index (χ1) is 11.7. The quantitative estimate of drug-likeness (QED) is 0.254. The molecule has 0 saturated heterocycles. The molecule has 0 heterocycles. The van der Waals surface area contributed by atoms with E-state index in [1.165, 1.54) is 0 Å². The van der Waals surface area contributed by atoms with E-state index in [0.29, 0.717) is 30.1 Å².